The fourth-order valence-corrected chi connectivity index (χ4v) is 7.48. The van der Waals surface area contributed by atoms with Gasteiger partial charge in [-0.1, -0.05) is 13.0 Å². The number of benzene rings is 2. The van der Waals surface area contributed by atoms with Crippen LogP contribution in [-0.2, 0) is 11.2 Å². The molecule has 2 saturated heterocycles. The number of fused-ring (bicyclic) bond motifs is 3. The minimum Gasteiger partial charge on any atom is -0.805 e. The topological polar surface area (TPSA) is 117 Å². The van der Waals surface area contributed by atoms with Crippen molar-refractivity contribution < 1.29 is 46.7 Å². The Labute approximate surface area is 314 Å². The molecule has 2 aliphatic rings. The number of amides is 1. The maximum absolute atomic E-state index is 17.0. The van der Waals surface area contributed by atoms with Crippen molar-refractivity contribution in [1.29, 1.82) is 0 Å². The van der Waals surface area contributed by atoms with Crippen molar-refractivity contribution in [1.82, 2.24) is 24.8 Å². The number of rotatable bonds is 14. The first kappa shape index (κ1) is 39.3. The third kappa shape index (κ3) is 7.59. The first-order valence-electron chi connectivity index (χ1n) is 17.5. The second-order valence-electron chi connectivity index (χ2n) is 13.4. The summed E-state index contributed by atoms with van der Waals surface area (Å²) in [5, 5.41) is 22.3. The fraction of sp³-hybridized carbons (Fsp3) is 0.447. The molecule has 2 aliphatic heterocycles. The molecular formula is C38H43F3LiN7O3-2. The summed E-state index contributed by atoms with van der Waals surface area (Å²) in [5.74, 6) is -1.59. The van der Waals surface area contributed by atoms with Gasteiger partial charge in [0.2, 0.25) is 5.91 Å². The van der Waals surface area contributed by atoms with Gasteiger partial charge in [-0.2, -0.15) is 22.8 Å². The molecule has 1 amide bonds. The number of phenolic OH excluding ortho intramolecular Hbond substituents is 1. The third-order valence-electron chi connectivity index (χ3n) is 10.1. The Kier molecular flexibility index (Phi) is 12.4. The zero-order valence-corrected chi connectivity index (χ0v) is 30.3. The van der Waals surface area contributed by atoms with Crippen LogP contribution in [-0.4, -0.2) is 99.6 Å². The van der Waals surface area contributed by atoms with Gasteiger partial charge in [-0.15, -0.1) is 12.3 Å². The molecule has 2 fully saturated rings. The number of halogens is 3. The summed E-state index contributed by atoms with van der Waals surface area (Å²) in [5.41, 5.74) is -0.492. The van der Waals surface area contributed by atoms with Gasteiger partial charge in [0.15, 0.2) is 5.82 Å². The first-order valence-corrected chi connectivity index (χ1v) is 17.5. The van der Waals surface area contributed by atoms with E-state index in [-0.39, 0.29) is 78.1 Å². The quantitative estimate of drug-likeness (QED) is 0.120. The van der Waals surface area contributed by atoms with Gasteiger partial charge in [0, 0.05) is 38.3 Å². The summed E-state index contributed by atoms with van der Waals surface area (Å²) in [4.78, 5) is 31.5. The van der Waals surface area contributed by atoms with E-state index in [2.05, 4.69) is 21.8 Å². The van der Waals surface area contributed by atoms with E-state index in [9.17, 15) is 19.7 Å². The van der Waals surface area contributed by atoms with Gasteiger partial charge in [0.1, 0.15) is 41.4 Å². The third-order valence-corrected chi connectivity index (χ3v) is 10.1. The van der Waals surface area contributed by atoms with E-state index in [1.54, 1.807) is 27.3 Å². The van der Waals surface area contributed by atoms with Crippen LogP contribution in [0, 0.1) is 25.0 Å². The van der Waals surface area contributed by atoms with E-state index in [0.717, 1.165) is 19.4 Å². The molecule has 10 nitrogen and oxygen atoms in total. The molecule has 0 spiro atoms. The number of aromatic nitrogens is 3. The van der Waals surface area contributed by atoms with Crippen molar-refractivity contribution in [2.24, 2.45) is 0 Å². The molecule has 1 N–H and O–H groups in total. The summed E-state index contributed by atoms with van der Waals surface area (Å²) in [6, 6.07) is 5.60. The molecule has 2 atom stereocenters. The number of aryl methyl sites for hydroxylation is 1. The number of carbonyl (C=O) groups excluding carboxylic acids is 1. The molecule has 0 bridgehead atoms. The van der Waals surface area contributed by atoms with Crippen molar-refractivity contribution in [3.63, 3.8) is 0 Å². The Hall–Kier alpha value is -3.92. The van der Waals surface area contributed by atoms with Gasteiger partial charge < -0.3 is 38.4 Å². The summed E-state index contributed by atoms with van der Waals surface area (Å²) in [7, 11) is 1.60. The Morgan fingerprint density at radius 3 is 2.77 bits per heavy atom. The largest absolute Gasteiger partial charge is 1.00 e. The van der Waals surface area contributed by atoms with Crippen LogP contribution in [0.5, 0.6) is 11.8 Å². The van der Waals surface area contributed by atoms with Gasteiger partial charge >= 0.3 is 24.9 Å². The van der Waals surface area contributed by atoms with Crippen LogP contribution in [0.15, 0.2) is 30.5 Å². The molecule has 272 valence electrons. The Morgan fingerprint density at radius 2 is 2.04 bits per heavy atom. The number of anilines is 1. The van der Waals surface area contributed by atoms with Crippen LogP contribution < -0.4 is 28.5 Å². The molecule has 6 rings (SSSR count). The molecule has 2 aromatic heterocycles. The molecule has 4 heterocycles. The van der Waals surface area contributed by atoms with Crippen LogP contribution in [0.25, 0.3) is 38.3 Å². The summed E-state index contributed by atoms with van der Waals surface area (Å²) >= 11 is 0. The second kappa shape index (κ2) is 16.4. The average Bonchev–Trinajstić information content (AvgIpc) is 3.65. The van der Waals surface area contributed by atoms with Gasteiger partial charge in [0.25, 0.3) is 0 Å². The predicted molar refractivity (Wildman–Crippen MR) is 193 cm³/mol. The van der Waals surface area contributed by atoms with Crippen LogP contribution in [0.2, 0.25) is 0 Å². The average molecular weight is 710 g/mol. The number of ether oxygens (including phenoxy) is 1. The van der Waals surface area contributed by atoms with Crippen molar-refractivity contribution in [3.8, 4) is 23.0 Å². The van der Waals surface area contributed by atoms with Crippen LogP contribution in [0.3, 0.4) is 0 Å². The fourth-order valence-electron chi connectivity index (χ4n) is 7.48. The Morgan fingerprint density at radius 1 is 1.25 bits per heavy atom. The number of hydrogen-bond acceptors (Lipinski definition) is 8. The molecule has 0 radical (unpaired) electrons. The molecule has 0 saturated carbocycles. The zero-order chi connectivity index (χ0) is 36.4. The van der Waals surface area contributed by atoms with E-state index in [1.165, 1.54) is 35.4 Å². The molecule has 0 unspecified atom stereocenters. The normalized spacial score (nSPS) is 18.4. The minimum absolute atomic E-state index is 0. The monoisotopic (exact) mass is 709 g/mol. The smallest absolute Gasteiger partial charge is 0.805 e. The van der Waals surface area contributed by atoms with Gasteiger partial charge in [0.05, 0.1) is 10.9 Å². The van der Waals surface area contributed by atoms with Gasteiger partial charge in [-0.25, -0.2) is 13.2 Å². The number of hydrogen-bond donors (Lipinski definition) is 1. The molecule has 14 heteroatoms. The van der Waals surface area contributed by atoms with Gasteiger partial charge in [-0.05, 0) is 73.8 Å². The molecular weight excluding hydrogens is 666 g/mol. The standard InChI is InChI=1S/C38H43F3N7O3.Li/c1-5-14-47(15-8-10-30(42)36(50)46(4)7-3)35-28-20-43-33(27-18-25(49)17-23-11-12-29(40)26(6-2)31(23)27)32(41)34(28)44-37(45-35)51-22-38-13-9-16-48(38)21-24(39)19-38;/h8,11-12,17-18,20,24,49H,1,5-7,9-10,13-16,19,21-22H2,2-4H3;/q-3;+1/t24-,38+;/m1./s1. The van der Waals surface area contributed by atoms with E-state index in [1.807, 2.05) is 4.90 Å². The van der Waals surface area contributed by atoms with Crippen molar-refractivity contribution in [2.45, 2.75) is 64.1 Å². The number of nitrogens with zero attached hydrogens (tertiary/aromatic N) is 7. The predicted octanol–water partition coefficient (Wildman–Crippen LogP) is 3.46. The molecule has 0 aliphatic carbocycles. The summed E-state index contributed by atoms with van der Waals surface area (Å²) in [6.07, 6.45) is 4.93. The van der Waals surface area contributed by atoms with Crippen molar-refractivity contribution in [3.05, 3.63) is 66.4 Å². The van der Waals surface area contributed by atoms with Gasteiger partial charge in [-0.3, -0.25) is 14.7 Å². The zero-order valence-electron chi connectivity index (χ0n) is 30.3. The number of carbonyl (C=O) groups is 1. The number of aromatic hydroxyl groups is 1. The number of pyridine rings is 1. The van der Waals surface area contributed by atoms with Crippen molar-refractivity contribution in [2.75, 3.05) is 51.3 Å². The van der Waals surface area contributed by atoms with E-state index < -0.39 is 29.3 Å². The van der Waals surface area contributed by atoms with Crippen LogP contribution >= 0.6 is 0 Å². The van der Waals surface area contributed by atoms with E-state index in [0.29, 0.717) is 61.1 Å². The second-order valence-corrected chi connectivity index (χ2v) is 13.4. The molecule has 4 aromatic rings. The summed E-state index contributed by atoms with van der Waals surface area (Å²) < 4.78 is 52.8. The maximum atomic E-state index is 17.0. The number of alkyl halides is 1. The minimum atomic E-state index is -0.969. The summed E-state index contributed by atoms with van der Waals surface area (Å²) in [6.45, 7) is 9.82. The van der Waals surface area contributed by atoms with E-state index >= 15 is 8.78 Å². The van der Waals surface area contributed by atoms with Crippen LogP contribution in [0.4, 0.5) is 19.0 Å². The van der Waals surface area contributed by atoms with E-state index in [4.69, 9.17) is 9.72 Å². The number of phenols is 1. The van der Waals surface area contributed by atoms with Crippen molar-refractivity contribution >= 4 is 39.1 Å². The molecule has 2 aromatic carbocycles. The SMILES string of the molecule is [CH2-]CCN(C[CH-]CC(=[N-])C(=O)N(C)CC)c1nc(OC[C@@]23CCCN2C[C@H](F)C3)nc2c(F)c(-c3cc(O)cc4ccc(F)c(CC)c34)ncc12.[Li+]. The Bertz CT molecular complexity index is 1970. The molecule has 52 heavy (non-hydrogen) atoms. The van der Waals surface area contributed by atoms with Crippen LogP contribution in [0.1, 0.15) is 51.5 Å². The Balaban J connectivity index is 0.00000523. The first-order chi connectivity index (χ1) is 24.5. The maximum Gasteiger partial charge on any atom is 1.00 e.